The lowest BCUT2D eigenvalue weighted by Gasteiger charge is -2.21. The molecule has 0 aromatic heterocycles. The van der Waals surface area contributed by atoms with Gasteiger partial charge in [-0.2, -0.15) is 0 Å². The molecule has 1 rings (SSSR count). The molecule has 23 heavy (non-hydrogen) atoms. The Labute approximate surface area is 136 Å². The van der Waals surface area contributed by atoms with Gasteiger partial charge in [0, 0.05) is 13.1 Å². The molecular weight excluding hydrogens is 296 g/mol. The highest BCUT2D eigenvalue weighted by atomic mass is 16.4. The largest absolute Gasteiger partial charge is 0.478 e. The summed E-state index contributed by atoms with van der Waals surface area (Å²) in [6.45, 7) is 5.09. The zero-order valence-electron chi connectivity index (χ0n) is 13.7. The first kappa shape index (κ1) is 18.7. The molecule has 126 valence electrons. The van der Waals surface area contributed by atoms with Crippen LogP contribution in [0.4, 0.5) is 0 Å². The van der Waals surface area contributed by atoms with Gasteiger partial charge < -0.3 is 15.3 Å². The lowest BCUT2D eigenvalue weighted by molar-refractivity contribution is -0.135. The van der Waals surface area contributed by atoms with Crippen LogP contribution in [0.25, 0.3) is 0 Å². The molecule has 0 saturated heterocycles. The van der Waals surface area contributed by atoms with Crippen molar-refractivity contribution in [2.75, 3.05) is 19.6 Å². The maximum Gasteiger partial charge on any atom is 0.335 e. The molecule has 2 amide bonds. The second-order valence-corrected chi connectivity index (χ2v) is 5.34. The van der Waals surface area contributed by atoms with Crippen LogP contribution >= 0.6 is 0 Å². The van der Waals surface area contributed by atoms with E-state index in [0.29, 0.717) is 13.1 Å². The first-order valence-electron chi connectivity index (χ1n) is 7.84. The zero-order valence-corrected chi connectivity index (χ0v) is 13.7. The fraction of sp³-hybridized carbons (Fsp3) is 0.471. The van der Waals surface area contributed by atoms with Gasteiger partial charge in [-0.15, -0.1) is 0 Å². The number of aromatic carboxylic acids is 1. The van der Waals surface area contributed by atoms with E-state index in [9.17, 15) is 14.4 Å². The van der Waals surface area contributed by atoms with Crippen LogP contribution < -0.4 is 5.32 Å². The summed E-state index contributed by atoms with van der Waals surface area (Å²) >= 11 is 0. The van der Waals surface area contributed by atoms with Gasteiger partial charge in [-0.3, -0.25) is 9.59 Å². The van der Waals surface area contributed by atoms with Crippen LogP contribution in [0.15, 0.2) is 24.3 Å². The highest BCUT2D eigenvalue weighted by Gasteiger charge is 2.16. The lowest BCUT2D eigenvalue weighted by atomic mass is 10.1. The standard InChI is InChI=1S/C17H24N2O4/c1-3-9-18-15(20)12-19(10-4-2)16(21)11-13-5-7-14(8-6-13)17(22)23/h5-8H,3-4,9-12H2,1-2H3,(H,18,20)(H,22,23). The predicted octanol–water partition coefficient (Wildman–Crippen LogP) is 1.69. The minimum Gasteiger partial charge on any atom is -0.478 e. The smallest absolute Gasteiger partial charge is 0.335 e. The van der Waals surface area contributed by atoms with E-state index in [-0.39, 0.29) is 30.3 Å². The third kappa shape index (κ3) is 6.50. The number of hydrogen-bond acceptors (Lipinski definition) is 3. The second-order valence-electron chi connectivity index (χ2n) is 5.34. The maximum atomic E-state index is 12.4. The van der Waals surface area contributed by atoms with Crippen molar-refractivity contribution < 1.29 is 19.5 Å². The highest BCUT2D eigenvalue weighted by Crippen LogP contribution is 2.07. The van der Waals surface area contributed by atoms with Crippen molar-refractivity contribution in [1.82, 2.24) is 10.2 Å². The van der Waals surface area contributed by atoms with E-state index in [4.69, 9.17) is 5.11 Å². The molecule has 2 N–H and O–H groups in total. The average Bonchev–Trinajstić information content (AvgIpc) is 2.53. The van der Waals surface area contributed by atoms with Crippen LogP contribution in [-0.4, -0.2) is 47.4 Å². The predicted molar refractivity (Wildman–Crippen MR) is 87.3 cm³/mol. The third-order valence-electron chi connectivity index (χ3n) is 3.31. The minimum absolute atomic E-state index is 0.0554. The van der Waals surface area contributed by atoms with Crippen molar-refractivity contribution in [2.24, 2.45) is 0 Å². The monoisotopic (exact) mass is 320 g/mol. The van der Waals surface area contributed by atoms with Crippen LogP contribution in [0.1, 0.15) is 42.6 Å². The first-order valence-corrected chi connectivity index (χ1v) is 7.84. The Hall–Kier alpha value is -2.37. The number of nitrogens with zero attached hydrogens (tertiary/aromatic N) is 1. The molecule has 0 fully saturated rings. The number of benzene rings is 1. The van der Waals surface area contributed by atoms with Crippen molar-refractivity contribution in [3.05, 3.63) is 35.4 Å². The van der Waals surface area contributed by atoms with Crippen molar-refractivity contribution >= 4 is 17.8 Å². The number of nitrogens with one attached hydrogen (secondary N) is 1. The number of rotatable bonds is 9. The summed E-state index contributed by atoms with van der Waals surface area (Å²) < 4.78 is 0. The van der Waals surface area contributed by atoms with E-state index in [1.807, 2.05) is 13.8 Å². The molecule has 6 heteroatoms. The molecule has 0 bridgehead atoms. The molecular formula is C17H24N2O4. The second kappa shape index (κ2) is 9.61. The molecule has 0 unspecified atom stereocenters. The normalized spacial score (nSPS) is 10.2. The zero-order chi connectivity index (χ0) is 17.2. The molecule has 6 nitrogen and oxygen atoms in total. The molecule has 0 aliphatic heterocycles. The average molecular weight is 320 g/mol. The summed E-state index contributed by atoms with van der Waals surface area (Å²) in [5, 5.41) is 11.6. The molecule has 0 heterocycles. The highest BCUT2D eigenvalue weighted by molar-refractivity contribution is 5.88. The molecule has 1 aromatic rings. The topological polar surface area (TPSA) is 86.7 Å². The van der Waals surface area contributed by atoms with Gasteiger partial charge in [-0.05, 0) is 30.5 Å². The molecule has 0 saturated carbocycles. The van der Waals surface area contributed by atoms with Crippen LogP contribution in [0, 0.1) is 0 Å². The van der Waals surface area contributed by atoms with Crippen LogP contribution in [0.2, 0.25) is 0 Å². The molecule has 0 aliphatic carbocycles. The van der Waals surface area contributed by atoms with E-state index in [1.54, 1.807) is 12.1 Å². The maximum absolute atomic E-state index is 12.4. The Morgan fingerprint density at radius 2 is 1.74 bits per heavy atom. The summed E-state index contributed by atoms with van der Waals surface area (Å²) in [5.41, 5.74) is 0.917. The van der Waals surface area contributed by atoms with Crippen LogP contribution in [0.5, 0.6) is 0 Å². The molecule has 0 radical (unpaired) electrons. The van der Waals surface area contributed by atoms with Crippen molar-refractivity contribution in [3.8, 4) is 0 Å². The van der Waals surface area contributed by atoms with Crippen molar-refractivity contribution in [3.63, 3.8) is 0 Å². The van der Waals surface area contributed by atoms with Gasteiger partial charge in [0.25, 0.3) is 0 Å². The molecule has 0 atom stereocenters. The quantitative estimate of drug-likeness (QED) is 0.725. The van der Waals surface area contributed by atoms with Gasteiger partial charge in [0.05, 0.1) is 18.5 Å². The first-order chi connectivity index (χ1) is 11.0. The minimum atomic E-state index is -0.997. The van der Waals surface area contributed by atoms with E-state index in [1.165, 1.54) is 17.0 Å². The Bertz CT molecular complexity index is 540. The van der Waals surface area contributed by atoms with Crippen molar-refractivity contribution in [2.45, 2.75) is 33.1 Å². The fourth-order valence-corrected chi connectivity index (χ4v) is 2.11. The lowest BCUT2D eigenvalue weighted by Crippen LogP contribution is -2.42. The van der Waals surface area contributed by atoms with Gasteiger partial charge in [0.15, 0.2) is 0 Å². The number of carboxylic acid groups (broad SMARTS) is 1. The fourth-order valence-electron chi connectivity index (χ4n) is 2.11. The number of carbonyl (C=O) groups is 3. The summed E-state index contributed by atoms with van der Waals surface area (Å²) in [5.74, 6) is -1.29. The Kier molecular flexibility index (Phi) is 7.80. The summed E-state index contributed by atoms with van der Waals surface area (Å²) in [4.78, 5) is 36.5. The summed E-state index contributed by atoms with van der Waals surface area (Å²) in [6, 6.07) is 6.21. The Morgan fingerprint density at radius 1 is 1.09 bits per heavy atom. The van der Waals surface area contributed by atoms with Crippen molar-refractivity contribution in [1.29, 1.82) is 0 Å². The summed E-state index contributed by atoms with van der Waals surface area (Å²) in [6.07, 6.45) is 1.77. The molecule has 0 aliphatic rings. The SMILES string of the molecule is CCCNC(=O)CN(CCC)C(=O)Cc1ccc(C(=O)O)cc1. The number of carbonyl (C=O) groups excluding carboxylic acids is 2. The van der Waals surface area contributed by atoms with Crippen LogP contribution in [-0.2, 0) is 16.0 Å². The van der Waals surface area contributed by atoms with E-state index >= 15 is 0 Å². The van der Waals surface area contributed by atoms with E-state index in [2.05, 4.69) is 5.32 Å². The Morgan fingerprint density at radius 3 is 2.26 bits per heavy atom. The number of amides is 2. The van der Waals surface area contributed by atoms with E-state index < -0.39 is 5.97 Å². The van der Waals surface area contributed by atoms with Gasteiger partial charge in [0.2, 0.25) is 11.8 Å². The van der Waals surface area contributed by atoms with Gasteiger partial charge in [-0.1, -0.05) is 26.0 Å². The summed E-state index contributed by atoms with van der Waals surface area (Å²) in [7, 11) is 0. The van der Waals surface area contributed by atoms with E-state index in [0.717, 1.165) is 18.4 Å². The molecule has 0 spiro atoms. The molecule has 1 aromatic carbocycles. The number of carboxylic acids is 1. The third-order valence-corrected chi connectivity index (χ3v) is 3.31. The van der Waals surface area contributed by atoms with Gasteiger partial charge >= 0.3 is 5.97 Å². The van der Waals surface area contributed by atoms with Gasteiger partial charge in [-0.25, -0.2) is 4.79 Å². The van der Waals surface area contributed by atoms with Crippen LogP contribution in [0.3, 0.4) is 0 Å². The Balaban J connectivity index is 2.66. The van der Waals surface area contributed by atoms with Gasteiger partial charge in [0.1, 0.15) is 0 Å². The number of hydrogen-bond donors (Lipinski definition) is 2.